The second-order valence-electron chi connectivity index (χ2n) is 4.23. The van der Waals surface area contributed by atoms with Gasteiger partial charge in [-0.05, 0) is 30.2 Å². The molecule has 19 heavy (non-hydrogen) atoms. The number of fused-ring (bicyclic) bond motifs is 1. The van der Waals surface area contributed by atoms with Crippen LogP contribution in [0.5, 0.6) is 0 Å². The zero-order chi connectivity index (χ0) is 13.4. The van der Waals surface area contributed by atoms with Crippen molar-refractivity contribution >= 4 is 17.6 Å². The molecular weight excluding hydrogens is 248 g/mol. The van der Waals surface area contributed by atoms with E-state index in [0.29, 0.717) is 13.0 Å². The summed E-state index contributed by atoms with van der Waals surface area (Å²) in [6, 6.07) is 6.25. The Bertz CT molecular complexity index is 649. The zero-order valence-electron chi connectivity index (χ0n) is 9.87. The molecule has 0 spiro atoms. The van der Waals surface area contributed by atoms with Gasteiger partial charge in [0.25, 0.3) is 5.91 Å². The zero-order valence-corrected chi connectivity index (χ0v) is 9.87. The highest BCUT2D eigenvalue weighted by molar-refractivity contribution is 6.05. The topological polar surface area (TPSA) is 83.6 Å². The van der Waals surface area contributed by atoms with Crippen LogP contribution < -0.4 is 4.90 Å². The summed E-state index contributed by atoms with van der Waals surface area (Å²) in [7, 11) is 0. The summed E-state index contributed by atoms with van der Waals surface area (Å²) in [4.78, 5) is 24.6. The smallest absolute Gasteiger partial charge is 0.335 e. The van der Waals surface area contributed by atoms with Crippen molar-refractivity contribution in [1.29, 1.82) is 0 Å². The van der Waals surface area contributed by atoms with E-state index in [1.54, 1.807) is 17.0 Å². The Morgan fingerprint density at radius 3 is 2.84 bits per heavy atom. The lowest BCUT2D eigenvalue weighted by Gasteiger charge is -2.15. The van der Waals surface area contributed by atoms with Crippen molar-refractivity contribution in [2.45, 2.75) is 6.42 Å². The number of rotatable bonds is 2. The average molecular weight is 258 g/mol. The minimum Gasteiger partial charge on any atom is -0.478 e. The number of carbonyl (C=O) groups is 2. The number of carboxylic acid groups (broad SMARTS) is 1. The van der Waals surface area contributed by atoms with E-state index < -0.39 is 5.97 Å². The van der Waals surface area contributed by atoms with Crippen molar-refractivity contribution in [2.24, 2.45) is 0 Å². The fraction of sp³-hybridized carbons (Fsp3) is 0.154. The van der Waals surface area contributed by atoms with Gasteiger partial charge in [0, 0.05) is 18.3 Å². The molecule has 0 radical (unpaired) electrons. The first-order valence-electron chi connectivity index (χ1n) is 5.75. The SMILES string of the molecule is O=C(O)c1ccc2c(c1)CCN2C(=O)c1ccno1. The quantitative estimate of drug-likeness (QED) is 0.884. The highest BCUT2D eigenvalue weighted by atomic mass is 16.5. The van der Waals surface area contributed by atoms with Crippen LogP contribution in [0.1, 0.15) is 26.5 Å². The first-order chi connectivity index (χ1) is 9.16. The summed E-state index contributed by atoms with van der Waals surface area (Å²) in [6.07, 6.45) is 2.05. The predicted molar refractivity (Wildman–Crippen MR) is 65.3 cm³/mol. The fourth-order valence-electron chi connectivity index (χ4n) is 2.20. The van der Waals surface area contributed by atoms with Crippen molar-refractivity contribution in [1.82, 2.24) is 5.16 Å². The van der Waals surface area contributed by atoms with Crippen LogP contribution in [0.4, 0.5) is 5.69 Å². The van der Waals surface area contributed by atoms with Gasteiger partial charge in [-0.15, -0.1) is 0 Å². The predicted octanol–water partition coefficient (Wildman–Crippen LogP) is 1.58. The van der Waals surface area contributed by atoms with Gasteiger partial charge in [0.05, 0.1) is 11.8 Å². The van der Waals surface area contributed by atoms with Crippen LogP contribution in [0.15, 0.2) is 35.0 Å². The van der Waals surface area contributed by atoms with E-state index in [-0.39, 0.29) is 17.2 Å². The molecule has 6 nitrogen and oxygen atoms in total. The molecule has 0 fully saturated rings. The summed E-state index contributed by atoms with van der Waals surface area (Å²) >= 11 is 0. The number of aromatic nitrogens is 1. The number of aromatic carboxylic acids is 1. The second kappa shape index (κ2) is 4.24. The number of hydrogen-bond acceptors (Lipinski definition) is 4. The fourth-order valence-corrected chi connectivity index (χ4v) is 2.20. The van der Waals surface area contributed by atoms with Crippen molar-refractivity contribution < 1.29 is 19.2 Å². The number of amides is 1. The van der Waals surface area contributed by atoms with Crippen LogP contribution in [0, 0.1) is 0 Å². The number of nitrogens with zero attached hydrogens (tertiary/aromatic N) is 2. The van der Waals surface area contributed by atoms with E-state index in [9.17, 15) is 9.59 Å². The first-order valence-corrected chi connectivity index (χ1v) is 5.75. The summed E-state index contributed by atoms with van der Waals surface area (Å²) in [5, 5.41) is 12.4. The lowest BCUT2D eigenvalue weighted by molar-refractivity contribution is 0.0696. The van der Waals surface area contributed by atoms with Gasteiger partial charge < -0.3 is 14.5 Å². The Morgan fingerprint density at radius 1 is 1.32 bits per heavy atom. The van der Waals surface area contributed by atoms with Gasteiger partial charge in [0.15, 0.2) is 0 Å². The van der Waals surface area contributed by atoms with E-state index in [4.69, 9.17) is 9.63 Å². The Balaban J connectivity index is 1.94. The second-order valence-corrected chi connectivity index (χ2v) is 4.23. The number of carbonyl (C=O) groups excluding carboxylic acids is 1. The third kappa shape index (κ3) is 1.87. The maximum atomic E-state index is 12.2. The molecule has 1 aromatic carbocycles. The molecule has 2 aromatic rings. The Labute approximate surface area is 108 Å². The molecule has 6 heteroatoms. The standard InChI is InChI=1S/C13H10N2O4/c16-12(11-3-5-14-19-11)15-6-4-8-7-9(13(17)18)1-2-10(8)15/h1-3,5,7H,4,6H2,(H,17,18). The third-order valence-electron chi connectivity index (χ3n) is 3.12. The maximum absolute atomic E-state index is 12.2. The minimum atomic E-state index is -0.970. The van der Waals surface area contributed by atoms with Crippen LogP contribution in [-0.2, 0) is 6.42 Å². The molecule has 0 saturated carbocycles. The molecule has 1 aromatic heterocycles. The van der Waals surface area contributed by atoms with Crippen molar-refractivity contribution in [3.63, 3.8) is 0 Å². The van der Waals surface area contributed by atoms with Crippen molar-refractivity contribution in [3.8, 4) is 0 Å². The van der Waals surface area contributed by atoms with Gasteiger partial charge in [-0.1, -0.05) is 5.16 Å². The van der Waals surface area contributed by atoms with Gasteiger partial charge in [-0.3, -0.25) is 4.79 Å². The Kier molecular flexibility index (Phi) is 2.56. The molecule has 2 heterocycles. The van der Waals surface area contributed by atoms with Crippen LogP contribution >= 0.6 is 0 Å². The summed E-state index contributed by atoms with van der Waals surface area (Å²) in [6.45, 7) is 0.512. The number of hydrogen-bond donors (Lipinski definition) is 1. The Hall–Kier alpha value is -2.63. The van der Waals surface area contributed by atoms with E-state index >= 15 is 0 Å². The van der Waals surface area contributed by atoms with Gasteiger partial charge in [0.1, 0.15) is 0 Å². The average Bonchev–Trinajstić information content (AvgIpc) is 3.06. The molecule has 0 unspecified atom stereocenters. The van der Waals surface area contributed by atoms with E-state index in [0.717, 1.165) is 11.3 Å². The highest BCUT2D eigenvalue weighted by Crippen LogP contribution is 2.30. The van der Waals surface area contributed by atoms with E-state index in [2.05, 4.69) is 5.16 Å². The molecule has 1 aliphatic rings. The summed E-state index contributed by atoms with van der Waals surface area (Å²) < 4.78 is 4.85. The van der Waals surface area contributed by atoms with Crippen LogP contribution in [0.25, 0.3) is 0 Å². The van der Waals surface area contributed by atoms with Gasteiger partial charge >= 0.3 is 5.97 Å². The van der Waals surface area contributed by atoms with Crippen molar-refractivity contribution in [2.75, 3.05) is 11.4 Å². The molecule has 96 valence electrons. The largest absolute Gasteiger partial charge is 0.478 e. The maximum Gasteiger partial charge on any atom is 0.335 e. The van der Waals surface area contributed by atoms with Crippen molar-refractivity contribution in [3.05, 3.63) is 47.3 Å². The van der Waals surface area contributed by atoms with Gasteiger partial charge in [-0.25, -0.2) is 4.79 Å². The lowest BCUT2D eigenvalue weighted by atomic mass is 10.1. The lowest BCUT2D eigenvalue weighted by Crippen LogP contribution is -2.28. The Morgan fingerprint density at radius 2 is 2.16 bits per heavy atom. The summed E-state index contributed by atoms with van der Waals surface area (Å²) in [5.74, 6) is -1.06. The first kappa shape index (κ1) is 11.5. The minimum absolute atomic E-state index is 0.176. The summed E-state index contributed by atoms with van der Waals surface area (Å²) in [5.41, 5.74) is 1.81. The third-order valence-corrected chi connectivity index (χ3v) is 3.12. The number of anilines is 1. The van der Waals surface area contributed by atoms with Crippen LogP contribution in [0.3, 0.4) is 0 Å². The van der Waals surface area contributed by atoms with Gasteiger partial charge in [-0.2, -0.15) is 0 Å². The van der Waals surface area contributed by atoms with Gasteiger partial charge in [0.2, 0.25) is 5.76 Å². The van der Waals surface area contributed by atoms with Crippen LogP contribution in [0.2, 0.25) is 0 Å². The molecule has 0 saturated heterocycles. The molecule has 1 amide bonds. The molecule has 0 bridgehead atoms. The van der Waals surface area contributed by atoms with Crippen LogP contribution in [-0.4, -0.2) is 28.7 Å². The molecule has 1 N–H and O–H groups in total. The highest BCUT2D eigenvalue weighted by Gasteiger charge is 2.28. The molecule has 0 atom stereocenters. The monoisotopic (exact) mass is 258 g/mol. The molecular formula is C13H10N2O4. The molecule has 3 rings (SSSR count). The molecule has 0 aliphatic carbocycles. The number of benzene rings is 1. The van der Waals surface area contributed by atoms with E-state index in [1.807, 2.05) is 0 Å². The molecule has 1 aliphatic heterocycles. The van der Waals surface area contributed by atoms with E-state index in [1.165, 1.54) is 18.3 Å². The number of carboxylic acids is 1. The normalized spacial score (nSPS) is 13.4.